The molecule has 34 heavy (non-hydrogen) atoms. The Bertz CT molecular complexity index is 1260. The van der Waals surface area contributed by atoms with Gasteiger partial charge < -0.3 is 9.64 Å². The summed E-state index contributed by atoms with van der Waals surface area (Å²) in [7, 11) is 0. The van der Waals surface area contributed by atoms with E-state index in [1.807, 2.05) is 28.6 Å². The van der Waals surface area contributed by atoms with Crippen molar-refractivity contribution in [3.8, 4) is 10.6 Å². The van der Waals surface area contributed by atoms with Gasteiger partial charge in [0.1, 0.15) is 0 Å². The van der Waals surface area contributed by atoms with Crippen LogP contribution in [0.1, 0.15) is 32.4 Å². The number of fused-ring (bicyclic) bond motifs is 1. The smallest absolute Gasteiger partial charge is 0.264 e. The lowest BCUT2D eigenvalue weighted by atomic mass is 9.98. The molecule has 6 rings (SSSR count). The second kappa shape index (κ2) is 9.54. The van der Waals surface area contributed by atoms with Gasteiger partial charge in [0.15, 0.2) is 0 Å². The monoisotopic (exact) mass is 490 g/mol. The third-order valence-corrected chi connectivity index (χ3v) is 8.52. The molecule has 3 aliphatic rings. The summed E-state index contributed by atoms with van der Waals surface area (Å²) in [5, 5.41) is 1.95. The minimum Gasteiger partial charge on any atom is -0.379 e. The first kappa shape index (κ1) is 21.9. The van der Waals surface area contributed by atoms with E-state index in [0.29, 0.717) is 6.54 Å². The van der Waals surface area contributed by atoms with E-state index in [0.717, 1.165) is 79.1 Å². The van der Waals surface area contributed by atoms with Gasteiger partial charge in [-0.05, 0) is 35.6 Å². The summed E-state index contributed by atoms with van der Waals surface area (Å²) < 4.78 is 5.46. The fourth-order valence-electron chi connectivity index (χ4n) is 4.71. The van der Waals surface area contributed by atoms with Gasteiger partial charge in [0.2, 0.25) is 0 Å². The zero-order valence-electron chi connectivity index (χ0n) is 18.9. The van der Waals surface area contributed by atoms with E-state index in [1.165, 1.54) is 27.4 Å². The highest BCUT2D eigenvalue weighted by Gasteiger charge is 2.26. The minimum atomic E-state index is 0.124. The van der Waals surface area contributed by atoms with Crippen LogP contribution < -0.4 is 0 Å². The fraction of sp³-hybridized carbons (Fsp3) is 0.346. The number of ether oxygens (including phenoxy) is 1. The molecule has 0 spiro atoms. The predicted octanol–water partition coefficient (Wildman–Crippen LogP) is 4.51. The lowest BCUT2D eigenvalue weighted by Gasteiger charge is -2.26. The highest BCUT2D eigenvalue weighted by atomic mass is 32.1. The highest BCUT2D eigenvalue weighted by Crippen LogP contribution is 2.36. The average molecular weight is 491 g/mol. The summed E-state index contributed by atoms with van der Waals surface area (Å²) in [5.41, 5.74) is 5.46. The van der Waals surface area contributed by atoms with E-state index in [2.05, 4.69) is 29.2 Å². The summed E-state index contributed by atoms with van der Waals surface area (Å²) in [6.07, 6.45) is 8.01. The summed E-state index contributed by atoms with van der Waals surface area (Å²) in [6, 6.07) is 8.21. The topological polar surface area (TPSA) is 58.6 Å². The highest BCUT2D eigenvalue weighted by molar-refractivity contribution is 7.15. The van der Waals surface area contributed by atoms with Gasteiger partial charge in [0.25, 0.3) is 5.91 Å². The molecule has 1 aliphatic carbocycles. The summed E-state index contributed by atoms with van der Waals surface area (Å²) in [6.45, 7) is 5.96. The summed E-state index contributed by atoms with van der Waals surface area (Å²) in [4.78, 5) is 30.2. The van der Waals surface area contributed by atoms with Crippen molar-refractivity contribution in [3.05, 3.63) is 74.7 Å². The number of aromatic nitrogens is 2. The Morgan fingerprint density at radius 2 is 2.03 bits per heavy atom. The largest absolute Gasteiger partial charge is 0.379 e. The number of carbonyl (C=O) groups excluding carboxylic acids is 1. The molecular weight excluding hydrogens is 464 g/mol. The maximum Gasteiger partial charge on any atom is 0.264 e. The van der Waals surface area contributed by atoms with E-state index in [-0.39, 0.29) is 5.91 Å². The van der Waals surface area contributed by atoms with E-state index in [4.69, 9.17) is 14.7 Å². The van der Waals surface area contributed by atoms with Crippen LogP contribution >= 0.6 is 22.7 Å². The van der Waals surface area contributed by atoms with Crippen molar-refractivity contribution in [2.24, 2.45) is 0 Å². The fourth-order valence-corrected chi connectivity index (χ4v) is 6.41. The SMILES string of the molecule is O=C(c1cccs1)N1CC=C(C2=CCc3ncc(-c4ccc(CN5CCOCC5)s4)nc32)CC1. The average Bonchev–Trinajstić information content (AvgIpc) is 3.65. The van der Waals surface area contributed by atoms with Gasteiger partial charge in [0.05, 0.1) is 46.2 Å². The number of thiophene rings is 2. The number of rotatable bonds is 5. The maximum absolute atomic E-state index is 12.7. The zero-order valence-corrected chi connectivity index (χ0v) is 20.5. The van der Waals surface area contributed by atoms with Crippen LogP contribution in [0, 0.1) is 0 Å². The normalized spacial score (nSPS) is 18.5. The third kappa shape index (κ3) is 4.38. The Morgan fingerprint density at radius 3 is 2.82 bits per heavy atom. The molecule has 3 aromatic rings. The van der Waals surface area contributed by atoms with Crippen LogP contribution in [-0.4, -0.2) is 65.1 Å². The van der Waals surface area contributed by atoms with Crippen molar-refractivity contribution in [3.63, 3.8) is 0 Å². The molecule has 8 heteroatoms. The van der Waals surface area contributed by atoms with E-state index < -0.39 is 0 Å². The van der Waals surface area contributed by atoms with Gasteiger partial charge in [-0.1, -0.05) is 18.2 Å². The Balaban J connectivity index is 1.17. The number of allylic oxidation sites excluding steroid dienone is 2. The van der Waals surface area contributed by atoms with Crippen LogP contribution in [0.3, 0.4) is 0 Å². The van der Waals surface area contributed by atoms with Crippen LogP contribution in [0.15, 0.2) is 53.6 Å². The van der Waals surface area contributed by atoms with Crippen LogP contribution in [0.2, 0.25) is 0 Å². The molecule has 5 heterocycles. The van der Waals surface area contributed by atoms with Crippen LogP contribution in [0.5, 0.6) is 0 Å². The second-order valence-electron chi connectivity index (χ2n) is 8.73. The molecule has 1 amide bonds. The molecule has 0 radical (unpaired) electrons. The molecule has 1 saturated heterocycles. The Hall–Kier alpha value is -2.65. The molecule has 3 aromatic heterocycles. The first-order valence-corrected chi connectivity index (χ1v) is 13.4. The molecule has 174 valence electrons. The molecule has 0 aromatic carbocycles. The molecule has 2 aliphatic heterocycles. The lowest BCUT2D eigenvalue weighted by Crippen LogP contribution is -2.35. The number of hydrogen-bond donors (Lipinski definition) is 0. The first-order valence-electron chi connectivity index (χ1n) is 11.7. The van der Waals surface area contributed by atoms with Gasteiger partial charge in [-0.2, -0.15) is 0 Å². The molecule has 6 nitrogen and oxygen atoms in total. The number of nitrogens with zero attached hydrogens (tertiary/aromatic N) is 4. The van der Waals surface area contributed by atoms with Crippen LogP contribution in [0.4, 0.5) is 0 Å². The van der Waals surface area contributed by atoms with Gasteiger partial charge in [-0.3, -0.25) is 14.7 Å². The van der Waals surface area contributed by atoms with E-state index in [1.54, 1.807) is 11.3 Å². The molecule has 0 saturated carbocycles. The third-order valence-electron chi connectivity index (χ3n) is 6.57. The van der Waals surface area contributed by atoms with Crippen molar-refractivity contribution in [2.75, 3.05) is 39.4 Å². The van der Waals surface area contributed by atoms with E-state index >= 15 is 0 Å². The quantitative estimate of drug-likeness (QED) is 0.527. The molecule has 0 unspecified atom stereocenters. The Morgan fingerprint density at radius 1 is 1.12 bits per heavy atom. The predicted molar refractivity (Wildman–Crippen MR) is 136 cm³/mol. The first-order chi connectivity index (χ1) is 16.7. The van der Waals surface area contributed by atoms with Gasteiger partial charge in [-0.25, -0.2) is 4.98 Å². The molecule has 0 bridgehead atoms. The number of morpholine rings is 1. The van der Waals surface area contributed by atoms with Crippen LogP contribution in [-0.2, 0) is 17.7 Å². The zero-order chi connectivity index (χ0) is 22.9. The summed E-state index contributed by atoms with van der Waals surface area (Å²) in [5.74, 6) is 0.124. The molecule has 1 fully saturated rings. The van der Waals surface area contributed by atoms with E-state index in [9.17, 15) is 4.79 Å². The maximum atomic E-state index is 12.7. The second-order valence-corrected chi connectivity index (χ2v) is 10.9. The van der Waals surface area contributed by atoms with Crippen molar-refractivity contribution in [1.82, 2.24) is 19.8 Å². The number of amides is 1. The minimum absolute atomic E-state index is 0.124. The van der Waals surface area contributed by atoms with Gasteiger partial charge in [-0.15, -0.1) is 22.7 Å². The van der Waals surface area contributed by atoms with Crippen LogP contribution in [0.25, 0.3) is 16.1 Å². The Labute approximate surface area is 207 Å². The van der Waals surface area contributed by atoms with Gasteiger partial charge in [0, 0.05) is 49.6 Å². The molecular formula is C26H26N4O2S2. The number of hydrogen-bond acceptors (Lipinski definition) is 7. The Kier molecular flexibility index (Phi) is 6.13. The van der Waals surface area contributed by atoms with Crippen molar-refractivity contribution in [1.29, 1.82) is 0 Å². The molecule has 0 N–H and O–H groups in total. The molecule has 0 atom stereocenters. The number of carbonyl (C=O) groups is 1. The standard InChI is InChI=1S/C26H26N4O2S2/c31-26(24-2-1-15-33-24)30-9-7-18(8-10-30)20-4-5-21-25(20)28-22(16-27-21)23-6-3-19(34-23)17-29-11-13-32-14-12-29/h1-4,6-7,15-16H,5,8-14,17H2. The van der Waals surface area contributed by atoms with Crippen molar-refractivity contribution >= 4 is 34.2 Å². The van der Waals surface area contributed by atoms with Crippen molar-refractivity contribution in [2.45, 2.75) is 19.4 Å². The lowest BCUT2D eigenvalue weighted by molar-refractivity contribution is 0.0346. The van der Waals surface area contributed by atoms with Crippen molar-refractivity contribution < 1.29 is 9.53 Å². The summed E-state index contributed by atoms with van der Waals surface area (Å²) >= 11 is 3.31. The van der Waals surface area contributed by atoms with Gasteiger partial charge >= 0.3 is 0 Å².